The van der Waals surface area contributed by atoms with Crippen LogP contribution in [-0.4, -0.2) is 64.0 Å². The fraction of sp³-hybridized carbons (Fsp3) is 0.361. The van der Waals surface area contributed by atoms with Crippen molar-refractivity contribution in [3.63, 3.8) is 0 Å². The van der Waals surface area contributed by atoms with Gasteiger partial charge in [0.25, 0.3) is 0 Å². The lowest BCUT2D eigenvalue weighted by atomic mass is 9.90. The third-order valence-corrected chi connectivity index (χ3v) is 10.8. The number of pyridine rings is 1. The maximum Gasteiger partial charge on any atom is 0.243 e. The molecule has 0 saturated carbocycles. The number of nitrogens with one attached hydrogen (secondary N) is 3. The number of ketones is 1. The van der Waals surface area contributed by atoms with E-state index in [0.717, 1.165) is 22.0 Å². The number of amides is 3. The molecule has 0 spiro atoms. The molecule has 0 radical (unpaired) electrons. The molecule has 3 amide bonds. The molecule has 0 bridgehead atoms. The van der Waals surface area contributed by atoms with Gasteiger partial charge in [0.05, 0.1) is 11.1 Å². The molecule has 0 fully saturated rings. The van der Waals surface area contributed by atoms with E-state index in [9.17, 15) is 19.2 Å². The number of hydrogen-bond acceptors (Lipinski definition) is 8. The summed E-state index contributed by atoms with van der Waals surface area (Å²) in [5, 5.41) is 8.70. The molecule has 14 heteroatoms. The number of aromatic nitrogens is 2. The Bertz CT molecular complexity index is 1870. The molecule has 0 unspecified atom stereocenters. The normalized spacial score (nSPS) is 19.5. The fourth-order valence-electron chi connectivity index (χ4n) is 6.22. The molecule has 264 valence electrons. The van der Waals surface area contributed by atoms with Crippen LogP contribution >= 0.6 is 35.0 Å². The first-order valence-corrected chi connectivity index (χ1v) is 18.1. The molecule has 4 aromatic rings. The SMILES string of the molecule is CN1C(=O)[C@H](CCCN)CC(=O)[C@H](CCC(N)=O)NCc2cccnc2Sc2c(Cl)cc(Cl)cc2CNC(=O)[C@@H]1Cc1c[nH]c2ccccc12. The number of hydrogen-bond donors (Lipinski definition) is 5. The van der Waals surface area contributed by atoms with Gasteiger partial charge >= 0.3 is 0 Å². The van der Waals surface area contributed by atoms with Gasteiger partial charge in [-0.05, 0) is 66.8 Å². The van der Waals surface area contributed by atoms with Crippen molar-refractivity contribution < 1.29 is 19.2 Å². The number of nitrogens with two attached hydrogens (primary N) is 2. The van der Waals surface area contributed by atoms with E-state index in [-0.39, 0.29) is 56.4 Å². The first kappa shape index (κ1) is 37.3. The predicted molar refractivity (Wildman–Crippen MR) is 196 cm³/mol. The highest BCUT2D eigenvalue weighted by molar-refractivity contribution is 7.99. The van der Waals surface area contributed by atoms with Crippen LogP contribution in [0.5, 0.6) is 0 Å². The second-order valence-electron chi connectivity index (χ2n) is 12.4. The van der Waals surface area contributed by atoms with Crippen molar-refractivity contribution in [3.8, 4) is 0 Å². The molecule has 50 heavy (non-hydrogen) atoms. The predicted octanol–water partition coefficient (Wildman–Crippen LogP) is 4.76. The zero-order valence-electron chi connectivity index (χ0n) is 27.7. The number of H-pyrrole nitrogens is 1. The summed E-state index contributed by atoms with van der Waals surface area (Å²) in [6.07, 6.45) is 4.61. The van der Waals surface area contributed by atoms with E-state index in [0.29, 0.717) is 44.9 Å². The first-order valence-electron chi connectivity index (χ1n) is 16.5. The van der Waals surface area contributed by atoms with Crippen molar-refractivity contribution in [3.05, 3.63) is 87.7 Å². The summed E-state index contributed by atoms with van der Waals surface area (Å²) in [6.45, 7) is 0.658. The minimum absolute atomic E-state index is 0.0179. The van der Waals surface area contributed by atoms with Crippen LogP contribution in [0.2, 0.25) is 10.0 Å². The van der Waals surface area contributed by atoms with Crippen LogP contribution in [0, 0.1) is 5.92 Å². The summed E-state index contributed by atoms with van der Waals surface area (Å²) in [5.74, 6) is -2.25. The number of rotatable bonds is 8. The van der Waals surface area contributed by atoms with Crippen molar-refractivity contribution >= 4 is 69.4 Å². The van der Waals surface area contributed by atoms with Crippen LogP contribution in [0.3, 0.4) is 0 Å². The van der Waals surface area contributed by atoms with Crippen LogP contribution in [0.1, 0.15) is 48.8 Å². The number of fused-ring (bicyclic) bond motifs is 3. The van der Waals surface area contributed by atoms with Crippen LogP contribution < -0.4 is 22.1 Å². The zero-order valence-corrected chi connectivity index (χ0v) is 30.0. The van der Waals surface area contributed by atoms with Crippen LogP contribution in [0.25, 0.3) is 10.9 Å². The van der Waals surface area contributed by atoms with Gasteiger partial charge in [-0.2, -0.15) is 0 Å². The van der Waals surface area contributed by atoms with Gasteiger partial charge in [-0.3, -0.25) is 19.2 Å². The molecule has 11 nitrogen and oxygen atoms in total. The number of aromatic amines is 1. The third kappa shape index (κ3) is 9.23. The smallest absolute Gasteiger partial charge is 0.243 e. The van der Waals surface area contributed by atoms with Gasteiger partial charge in [-0.25, -0.2) is 4.98 Å². The summed E-state index contributed by atoms with van der Waals surface area (Å²) in [7, 11) is 1.60. The second kappa shape index (κ2) is 17.3. The Kier molecular flexibility index (Phi) is 12.9. The molecule has 3 heterocycles. The summed E-state index contributed by atoms with van der Waals surface area (Å²) in [5.41, 5.74) is 14.6. The number of Topliss-reactive ketones (excluding diaryl/α,β-unsaturated/α-hetero) is 1. The lowest BCUT2D eigenvalue weighted by Gasteiger charge is -2.31. The van der Waals surface area contributed by atoms with E-state index in [1.54, 1.807) is 31.4 Å². The van der Waals surface area contributed by atoms with Gasteiger partial charge in [0.2, 0.25) is 17.7 Å². The van der Waals surface area contributed by atoms with Crippen LogP contribution in [0.4, 0.5) is 0 Å². The monoisotopic (exact) mass is 737 g/mol. The molecule has 0 saturated heterocycles. The number of nitrogens with zero attached hydrogens (tertiary/aromatic N) is 2. The quantitative estimate of drug-likeness (QED) is 0.172. The van der Waals surface area contributed by atoms with E-state index in [1.165, 1.54) is 16.7 Å². The lowest BCUT2D eigenvalue weighted by Crippen LogP contribution is -2.51. The summed E-state index contributed by atoms with van der Waals surface area (Å²) in [6, 6.07) is 13.1. The number of primary amides is 1. The molecule has 1 aliphatic heterocycles. The highest BCUT2D eigenvalue weighted by Crippen LogP contribution is 2.39. The molecule has 2 aromatic heterocycles. The van der Waals surface area contributed by atoms with E-state index >= 15 is 0 Å². The summed E-state index contributed by atoms with van der Waals surface area (Å²) < 4.78 is 0. The Balaban J connectivity index is 1.58. The zero-order chi connectivity index (χ0) is 35.8. The summed E-state index contributed by atoms with van der Waals surface area (Å²) >= 11 is 14.5. The molecule has 1 aliphatic rings. The van der Waals surface area contributed by atoms with Crippen molar-refractivity contribution in [2.45, 2.75) is 73.6 Å². The van der Waals surface area contributed by atoms with Gasteiger partial charge in [0.15, 0.2) is 5.78 Å². The Labute approximate surface area is 305 Å². The van der Waals surface area contributed by atoms with E-state index in [1.807, 2.05) is 36.5 Å². The molecule has 3 atom stereocenters. The maximum absolute atomic E-state index is 14.3. The van der Waals surface area contributed by atoms with Crippen LogP contribution in [0.15, 0.2) is 70.8 Å². The van der Waals surface area contributed by atoms with E-state index < -0.39 is 23.9 Å². The molecular weight excluding hydrogens is 697 g/mol. The van der Waals surface area contributed by atoms with Gasteiger partial charge in [0, 0.05) is 78.5 Å². The van der Waals surface area contributed by atoms with Gasteiger partial charge in [-0.15, -0.1) is 0 Å². The number of halogens is 2. The highest BCUT2D eigenvalue weighted by atomic mass is 35.5. The minimum atomic E-state index is -0.926. The molecule has 2 aromatic carbocycles. The fourth-order valence-corrected chi connectivity index (χ4v) is 7.87. The van der Waals surface area contributed by atoms with Crippen molar-refractivity contribution in [1.29, 1.82) is 0 Å². The van der Waals surface area contributed by atoms with Crippen molar-refractivity contribution in [1.82, 2.24) is 25.5 Å². The number of likely N-dealkylation sites (N-methyl/N-ethyl adjacent to an activating group) is 1. The lowest BCUT2D eigenvalue weighted by molar-refractivity contribution is -0.143. The van der Waals surface area contributed by atoms with Gasteiger partial charge in [-0.1, -0.05) is 59.2 Å². The third-order valence-electron chi connectivity index (χ3n) is 8.95. The number of benzene rings is 2. The van der Waals surface area contributed by atoms with Crippen molar-refractivity contribution in [2.75, 3.05) is 13.6 Å². The maximum atomic E-state index is 14.3. The molecule has 0 aliphatic carbocycles. The minimum Gasteiger partial charge on any atom is -0.370 e. The number of para-hydroxylation sites is 1. The summed E-state index contributed by atoms with van der Waals surface area (Å²) in [4.78, 5) is 64.2. The van der Waals surface area contributed by atoms with E-state index in [2.05, 4.69) is 20.6 Å². The molecule has 5 rings (SSSR count). The number of carbonyl (C=O) groups is 4. The second-order valence-corrected chi connectivity index (χ2v) is 14.3. The first-order chi connectivity index (χ1) is 24.0. The Morgan fingerprint density at radius 1 is 1.06 bits per heavy atom. The van der Waals surface area contributed by atoms with E-state index in [4.69, 9.17) is 34.7 Å². The average Bonchev–Trinajstić information content (AvgIpc) is 3.51. The average molecular weight is 739 g/mol. The Morgan fingerprint density at radius 2 is 1.86 bits per heavy atom. The van der Waals surface area contributed by atoms with Gasteiger partial charge in [0.1, 0.15) is 11.1 Å². The standard InChI is InChI=1S/C36H41Cl2N7O4S/c1-45-30(15-23-19-42-28-9-3-2-8-26(23)28)34(48)44-20-24-14-25(37)17-27(38)33(24)50-35-22(7-5-13-41-35)18-43-29(10-11-32(40)47)31(46)16-21(36(45)49)6-4-12-39/h2-3,5,7-9,13-14,17,19,21,29-30,42-43H,4,6,10-12,15-16,18,20,39H2,1H3,(H2,40,47)(H,44,48)/t21-,29+,30+/m1/s1. The highest BCUT2D eigenvalue weighted by Gasteiger charge is 2.34. The molecule has 7 N–H and O–H groups in total. The topological polar surface area (TPSA) is 176 Å². The van der Waals surface area contributed by atoms with Gasteiger partial charge < -0.3 is 32.0 Å². The van der Waals surface area contributed by atoms with Crippen molar-refractivity contribution in [2.24, 2.45) is 17.4 Å². The largest absolute Gasteiger partial charge is 0.370 e. The Hall–Kier alpha value is -3.94. The Morgan fingerprint density at radius 3 is 2.64 bits per heavy atom. The van der Waals surface area contributed by atoms with Crippen LogP contribution in [-0.2, 0) is 38.7 Å². The number of carbonyl (C=O) groups excluding carboxylic acids is 4. The molecular formula is C36H41Cl2N7O4S.